The van der Waals surface area contributed by atoms with Crippen LogP contribution in [0.1, 0.15) is 19.8 Å². The van der Waals surface area contributed by atoms with Crippen LogP contribution in [0.2, 0.25) is 0 Å². The fraction of sp³-hybridized carbons (Fsp3) is 0.467. The summed E-state index contributed by atoms with van der Waals surface area (Å²) in [7, 11) is 0. The van der Waals surface area contributed by atoms with Gasteiger partial charge in [0, 0.05) is 5.69 Å². The van der Waals surface area contributed by atoms with Gasteiger partial charge in [-0.2, -0.15) is 0 Å². The molecule has 0 saturated heterocycles. The number of carbonyl (C=O) groups excluding carboxylic acids is 2. The van der Waals surface area contributed by atoms with E-state index in [1.807, 2.05) is 30.3 Å². The maximum atomic E-state index is 11.9. The van der Waals surface area contributed by atoms with Gasteiger partial charge in [-0.15, -0.1) is 12.4 Å². The Labute approximate surface area is 131 Å². The van der Waals surface area contributed by atoms with Gasteiger partial charge in [0.05, 0.1) is 6.54 Å². The van der Waals surface area contributed by atoms with E-state index in [0.29, 0.717) is 0 Å². The number of hydrogen-bond acceptors (Lipinski definition) is 3. The van der Waals surface area contributed by atoms with Crippen molar-refractivity contribution in [2.75, 3.05) is 18.4 Å². The molecule has 1 aliphatic rings. The number of hydrogen-bond donors (Lipinski definition) is 3. The van der Waals surface area contributed by atoms with Crippen LogP contribution in [-0.2, 0) is 9.59 Å². The number of para-hydroxylation sites is 1. The van der Waals surface area contributed by atoms with Crippen LogP contribution < -0.4 is 16.0 Å². The van der Waals surface area contributed by atoms with Crippen molar-refractivity contribution in [1.82, 2.24) is 10.6 Å². The Morgan fingerprint density at radius 1 is 1.24 bits per heavy atom. The van der Waals surface area contributed by atoms with Crippen LogP contribution in [0.5, 0.6) is 0 Å². The zero-order chi connectivity index (χ0) is 14.4. The number of benzene rings is 1. The van der Waals surface area contributed by atoms with Crippen LogP contribution in [0.15, 0.2) is 30.3 Å². The van der Waals surface area contributed by atoms with Crippen LogP contribution in [0.4, 0.5) is 5.69 Å². The quantitative estimate of drug-likeness (QED) is 0.715. The van der Waals surface area contributed by atoms with E-state index >= 15 is 0 Å². The number of nitrogens with one attached hydrogen (secondary N) is 3. The zero-order valence-electron chi connectivity index (χ0n) is 12.1. The van der Waals surface area contributed by atoms with Crippen molar-refractivity contribution < 1.29 is 9.59 Å². The Morgan fingerprint density at radius 2 is 1.90 bits per heavy atom. The largest absolute Gasteiger partial charge is 0.343 e. The van der Waals surface area contributed by atoms with E-state index in [-0.39, 0.29) is 30.8 Å². The van der Waals surface area contributed by atoms with Gasteiger partial charge < -0.3 is 16.0 Å². The standard InChI is InChI=1S/C15H21N3O2.ClH/c1-11(15(20)18-13-5-3-2-4-6-13)17-14(19)10-16-9-12-7-8-12;/h2-6,11-12,16H,7-10H2,1H3,(H,17,19)(H,18,20);1H. The molecular weight excluding hydrogens is 290 g/mol. The second-order valence-electron chi connectivity index (χ2n) is 5.22. The molecule has 1 unspecified atom stereocenters. The van der Waals surface area contributed by atoms with Crippen molar-refractivity contribution in [3.8, 4) is 0 Å². The van der Waals surface area contributed by atoms with Gasteiger partial charge in [-0.3, -0.25) is 9.59 Å². The summed E-state index contributed by atoms with van der Waals surface area (Å²) < 4.78 is 0. The SMILES string of the molecule is CC(NC(=O)CNCC1CC1)C(=O)Nc1ccccc1.Cl. The van der Waals surface area contributed by atoms with Crippen molar-refractivity contribution in [3.05, 3.63) is 30.3 Å². The van der Waals surface area contributed by atoms with E-state index in [0.717, 1.165) is 18.2 Å². The lowest BCUT2D eigenvalue weighted by Gasteiger charge is -2.14. The summed E-state index contributed by atoms with van der Waals surface area (Å²) in [6.45, 7) is 2.83. The summed E-state index contributed by atoms with van der Waals surface area (Å²) in [5.74, 6) is 0.370. The molecule has 0 radical (unpaired) electrons. The minimum Gasteiger partial charge on any atom is -0.343 e. The molecule has 0 heterocycles. The molecule has 0 bridgehead atoms. The fourth-order valence-electron chi connectivity index (χ4n) is 1.84. The first-order chi connectivity index (χ1) is 9.65. The molecular formula is C15H22ClN3O2. The number of anilines is 1. The molecule has 2 amide bonds. The van der Waals surface area contributed by atoms with Crippen LogP contribution in [0, 0.1) is 5.92 Å². The van der Waals surface area contributed by atoms with E-state index in [9.17, 15) is 9.59 Å². The molecule has 116 valence electrons. The van der Waals surface area contributed by atoms with Gasteiger partial charge in [-0.1, -0.05) is 18.2 Å². The van der Waals surface area contributed by atoms with Gasteiger partial charge in [0.1, 0.15) is 6.04 Å². The van der Waals surface area contributed by atoms with Crippen molar-refractivity contribution in [3.63, 3.8) is 0 Å². The minimum absolute atomic E-state index is 0. The van der Waals surface area contributed by atoms with E-state index in [4.69, 9.17) is 0 Å². The topological polar surface area (TPSA) is 70.2 Å². The number of rotatable bonds is 7. The van der Waals surface area contributed by atoms with Gasteiger partial charge in [0.15, 0.2) is 0 Å². The average molecular weight is 312 g/mol. The van der Waals surface area contributed by atoms with Crippen LogP contribution in [0.3, 0.4) is 0 Å². The van der Waals surface area contributed by atoms with Crippen LogP contribution in [-0.4, -0.2) is 30.9 Å². The molecule has 1 fully saturated rings. The molecule has 1 aromatic rings. The highest BCUT2D eigenvalue weighted by molar-refractivity contribution is 5.97. The Morgan fingerprint density at radius 3 is 2.52 bits per heavy atom. The fourth-order valence-corrected chi connectivity index (χ4v) is 1.84. The Balaban J connectivity index is 0.00000220. The summed E-state index contributed by atoms with van der Waals surface area (Å²) in [5.41, 5.74) is 0.727. The summed E-state index contributed by atoms with van der Waals surface area (Å²) in [5, 5.41) is 8.54. The summed E-state index contributed by atoms with van der Waals surface area (Å²) in [6.07, 6.45) is 2.51. The van der Waals surface area contributed by atoms with Crippen molar-refractivity contribution in [2.45, 2.75) is 25.8 Å². The lowest BCUT2D eigenvalue weighted by atomic mass is 10.2. The number of halogens is 1. The molecule has 21 heavy (non-hydrogen) atoms. The number of carbonyl (C=O) groups is 2. The first-order valence-corrected chi connectivity index (χ1v) is 7.01. The molecule has 5 nitrogen and oxygen atoms in total. The average Bonchev–Trinajstić information content (AvgIpc) is 3.24. The summed E-state index contributed by atoms with van der Waals surface area (Å²) in [4.78, 5) is 23.6. The first-order valence-electron chi connectivity index (χ1n) is 7.01. The molecule has 1 atom stereocenters. The highest BCUT2D eigenvalue weighted by Crippen LogP contribution is 2.27. The predicted molar refractivity (Wildman–Crippen MR) is 85.5 cm³/mol. The third-order valence-electron chi connectivity index (χ3n) is 3.23. The van der Waals surface area contributed by atoms with E-state index < -0.39 is 6.04 Å². The maximum Gasteiger partial charge on any atom is 0.246 e. The third kappa shape index (κ3) is 6.60. The molecule has 2 rings (SSSR count). The van der Waals surface area contributed by atoms with Gasteiger partial charge in [0.25, 0.3) is 0 Å². The molecule has 0 aromatic heterocycles. The lowest BCUT2D eigenvalue weighted by molar-refractivity contribution is -0.125. The first kappa shape index (κ1) is 17.5. The smallest absolute Gasteiger partial charge is 0.246 e. The second kappa shape index (κ2) is 8.64. The van der Waals surface area contributed by atoms with E-state index in [2.05, 4.69) is 16.0 Å². The van der Waals surface area contributed by atoms with Crippen LogP contribution in [0.25, 0.3) is 0 Å². The molecule has 1 saturated carbocycles. The maximum absolute atomic E-state index is 11.9. The van der Waals surface area contributed by atoms with E-state index in [1.54, 1.807) is 6.92 Å². The van der Waals surface area contributed by atoms with Crippen molar-refractivity contribution in [2.24, 2.45) is 5.92 Å². The Hall–Kier alpha value is -1.59. The van der Waals surface area contributed by atoms with E-state index in [1.165, 1.54) is 12.8 Å². The molecule has 3 N–H and O–H groups in total. The zero-order valence-corrected chi connectivity index (χ0v) is 12.9. The van der Waals surface area contributed by atoms with Gasteiger partial charge in [-0.05, 0) is 44.4 Å². The highest BCUT2D eigenvalue weighted by Gasteiger charge is 2.21. The Bertz CT molecular complexity index is 463. The van der Waals surface area contributed by atoms with Crippen LogP contribution >= 0.6 is 12.4 Å². The molecule has 1 aliphatic carbocycles. The monoisotopic (exact) mass is 311 g/mol. The molecule has 0 aliphatic heterocycles. The van der Waals surface area contributed by atoms with Crippen molar-refractivity contribution in [1.29, 1.82) is 0 Å². The lowest BCUT2D eigenvalue weighted by Crippen LogP contribution is -2.45. The van der Waals surface area contributed by atoms with Gasteiger partial charge in [0.2, 0.25) is 11.8 Å². The second-order valence-corrected chi connectivity index (χ2v) is 5.22. The van der Waals surface area contributed by atoms with Gasteiger partial charge >= 0.3 is 0 Å². The summed E-state index contributed by atoms with van der Waals surface area (Å²) in [6, 6.07) is 8.64. The highest BCUT2D eigenvalue weighted by atomic mass is 35.5. The molecule has 1 aromatic carbocycles. The predicted octanol–water partition coefficient (Wildman–Crippen LogP) is 1.55. The minimum atomic E-state index is -0.551. The molecule has 6 heteroatoms. The number of amides is 2. The van der Waals surface area contributed by atoms with Crippen molar-refractivity contribution >= 4 is 29.9 Å². The molecule has 0 spiro atoms. The normalized spacial score (nSPS) is 14.7. The third-order valence-corrected chi connectivity index (χ3v) is 3.23. The van der Waals surface area contributed by atoms with Gasteiger partial charge in [-0.25, -0.2) is 0 Å². The Kier molecular flexibility index (Phi) is 7.19. The summed E-state index contributed by atoms with van der Waals surface area (Å²) >= 11 is 0.